The monoisotopic (exact) mass is 426 g/mol. The predicted octanol–water partition coefficient (Wildman–Crippen LogP) is 5.41. The Morgan fingerprint density at radius 1 is 0.812 bits per heavy atom. The lowest BCUT2D eigenvalue weighted by Gasteiger charge is -2.19. The summed E-state index contributed by atoms with van der Waals surface area (Å²) in [5.74, 6) is -0.289. The van der Waals surface area contributed by atoms with E-state index in [0.29, 0.717) is 29.2 Å². The van der Waals surface area contributed by atoms with Crippen molar-refractivity contribution in [2.24, 2.45) is 0 Å². The largest absolute Gasteiger partial charge is 0.492 e. The molecule has 3 aromatic rings. The van der Waals surface area contributed by atoms with Crippen molar-refractivity contribution in [2.45, 2.75) is 27.7 Å². The SMILES string of the molecule is CCOc1ccccc1N1C(=O)C(Nc2cc(C)cc(C)c2)=C(c2ccc(C)cc2)C1=O. The number of nitrogens with zero attached hydrogens (tertiary/aromatic N) is 1. The number of carbonyl (C=O) groups is 2. The molecular weight excluding hydrogens is 400 g/mol. The molecule has 5 heteroatoms. The first kappa shape index (κ1) is 21.4. The highest BCUT2D eigenvalue weighted by Crippen LogP contribution is 2.38. The molecule has 0 fully saturated rings. The van der Waals surface area contributed by atoms with Gasteiger partial charge in [-0.1, -0.05) is 48.0 Å². The number of imide groups is 1. The van der Waals surface area contributed by atoms with Crippen LogP contribution in [0.1, 0.15) is 29.2 Å². The molecule has 32 heavy (non-hydrogen) atoms. The number of aryl methyl sites for hydroxylation is 3. The van der Waals surface area contributed by atoms with Gasteiger partial charge in [0.05, 0.1) is 17.9 Å². The van der Waals surface area contributed by atoms with Gasteiger partial charge in [-0.15, -0.1) is 0 Å². The second-order valence-corrected chi connectivity index (χ2v) is 7.96. The Labute approximate surface area is 188 Å². The Morgan fingerprint density at radius 2 is 1.47 bits per heavy atom. The molecule has 0 aromatic heterocycles. The minimum Gasteiger partial charge on any atom is -0.492 e. The first-order chi connectivity index (χ1) is 15.4. The Bertz CT molecular complexity index is 1210. The van der Waals surface area contributed by atoms with Crippen LogP contribution in [-0.2, 0) is 9.59 Å². The molecule has 1 aliphatic heterocycles. The molecule has 4 rings (SSSR count). The van der Waals surface area contributed by atoms with E-state index >= 15 is 0 Å². The van der Waals surface area contributed by atoms with Gasteiger partial charge in [-0.05, 0) is 68.7 Å². The van der Waals surface area contributed by atoms with Crippen molar-refractivity contribution in [1.29, 1.82) is 0 Å². The highest BCUT2D eigenvalue weighted by molar-refractivity contribution is 6.46. The topological polar surface area (TPSA) is 58.6 Å². The number of ether oxygens (including phenoxy) is 1. The summed E-state index contributed by atoms with van der Waals surface area (Å²) in [5.41, 5.74) is 5.72. The molecule has 1 heterocycles. The smallest absolute Gasteiger partial charge is 0.282 e. The fourth-order valence-electron chi connectivity index (χ4n) is 3.96. The molecular formula is C27H26N2O3. The molecule has 0 atom stereocenters. The maximum absolute atomic E-state index is 13.6. The van der Waals surface area contributed by atoms with E-state index in [1.54, 1.807) is 18.2 Å². The minimum atomic E-state index is -0.406. The number of benzene rings is 3. The summed E-state index contributed by atoms with van der Waals surface area (Å²) >= 11 is 0. The van der Waals surface area contributed by atoms with Crippen LogP contribution in [0.5, 0.6) is 5.75 Å². The van der Waals surface area contributed by atoms with E-state index in [0.717, 1.165) is 22.4 Å². The second kappa shape index (κ2) is 8.71. The summed E-state index contributed by atoms with van der Waals surface area (Å²) in [6.07, 6.45) is 0. The Morgan fingerprint density at radius 3 is 2.12 bits per heavy atom. The van der Waals surface area contributed by atoms with Crippen molar-refractivity contribution in [2.75, 3.05) is 16.8 Å². The van der Waals surface area contributed by atoms with Crippen LogP contribution in [0.15, 0.2) is 72.4 Å². The molecule has 0 spiro atoms. The molecule has 1 N–H and O–H groups in total. The molecule has 0 bridgehead atoms. The number of hydrogen-bond donors (Lipinski definition) is 1. The van der Waals surface area contributed by atoms with Crippen LogP contribution in [0.3, 0.4) is 0 Å². The highest BCUT2D eigenvalue weighted by Gasteiger charge is 2.41. The lowest BCUT2D eigenvalue weighted by atomic mass is 10.0. The highest BCUT2D eigenvalue weighted by atomic mass is 16.5. The van der Waals surface area contributed by atoms with E-state index in [1.165, 1.54) is 4.90 Å². The quantitative estimate of drug-likeness (QED) is 0.536. The first-order valence-electron chi connectivity index (χ1n) is 10.7. The van der Waals surface area contributed by atoms with Gasteiger partial charge in [-0.3, -0.25) is 9.59 Å². The van der Waals surface area contributed by atoms with Gasteiger partial charge in [0.2, 0.25) is 0 Å². The lowest BCUT2D eigenvalue weighted by Crippen LogP contribution is -2.32. The van der Waals surface area contributed by atoms with Crippen LogP contribution in [0.2, 0.25) is 0 Å². The average Bonchev–Trinajstić information content (AvgIpc) is 2.98. The number of hydrogen-bond acceptors (Lipinski definition) is 4. The molecule has 0 saturated heterocycles. The van der Waals surface area contributed by atoms with Crippen molar-refractivity contribution in [3.63, 3.8) is 0 Å². The van der Waals surface area contributed by atoms with E-state index in [2.05, 4.69) is 11.4 Å². The maximum atomic E-state index is 13.6. The van der Waals surface area contributed by atoms with Crippen LogP contribution in [0.4, 0.5) is 11.4 Å². The Balaban J connectivity index is 1.84. The third-order valence-corrected chi connectivity index (χ3v) is 5.32. The minimum absolute atomic E-state index is 0.259. The van der Waals surface area contributed by atoms with E-state index in [1.807, 2.05) is 70.2 Å². The Hall–Kier alpha value is -3.86. The van der Waals surface area contributed by atoms with Crippen molar-refractivity contribution in [3.8, 4) is 5.75 Å². The normalized spacial score (nSPS) is 13.7. The zero-order valence-corrected chi connectivity index (χ0v) is 18.7. The van der Waals surface area contributed by atoms with Gasteiger partial charge in [-0.2, -0.15) is 0 Å². The van der Waals surface area contributed by atoms with E-state index in [-0.39, 0.29) is 11.6 Å². The molecule has 2 amide bonds. The number of anilines is 2. The van der Waals surface area contributed by atoms with E-state index in [9.17, 15) is 9.59 Å². The van der Waals surface area contributed by atoms with Crippen molar-refractivity contribution >= 4 is 28.8 Å². The molecule has 0 radical (unpaired) electrons. The van der Waals surface area contributed by atoms with Crippen molar-refractivity contribution in [3.05, 3.63) is 94.7 Å². The van der Waals surface area contributed by atoms with Gasteiger partial charge in [0.15, 0.2) is 0 Å². The van der Waals surface area contributed by atoms with Crippen LogP contribution < -0.4 is 15.0 Å². The summed E-state index contributed by atoms with van der Waals surface area (Å²) in [4.78, 5) is 28.5. The zero-order chi connectivity index (χ0) is 22.8. The predicted molar refractivity (Wildman–Crippen MR) is 128 cm³/mol. The van der Waals surface area contributed by atoms with Crippen LogP contribution in [-0.4, -0.2) is 18.4 Å². The summed E-state index contributed by atoms with van der Waals surface area (Å²) in [5, 5.41) is 3.24. The third kappa shape index (κ3) is 4.02. The summed E-state index contributed by atoms with van der Waals surface area (Å²) in [6.45, 7) is 8.28. The van der Waals surface area contributed by atoms with Crippen LogP contribution >= 0.6 is 0 Å². The fourth-order valence-corrected chi connectivity index (χ4v) is 3.96. The summed E-state index contributed by atoms with van der Waals surface area (Å²) < 4.78 is 5.70. The molecule has 162 valence electrons. The second-order valence-electron chi connectivity index (χ2n) is 7.96. The van der Waals surface area contributed by atoms with Gasteiger partial charge < -0.3 is 10.1 Å². The molecule has 1 aliphatic rings. The lowest BCUT2D eigenvalue weighted by molar-refractivity contribution is -0.120. The van der Waals surface area contributed by atoms with Gasteiger partial charge in [0.1, 0.15) is 11.4 Å². The third-order valence-electron chi connectivity index (χ3n) is 5.32. The number of carbonyl (C=O) groups excluding carboxylic acids is 2. The van der Waals surface area contributed by atoms with Crippen LogP contribution in [0, 0.1) is 20.8 Å². The average molecular weight is 427 g/mol. The van der Waals surface area contributed by atoms with Crippen LogP contribution in [0.25, 0.3) is 5.57 Å². The van der Waals surface area contributed by atoms with E-state index < -0.39 is 5.91 Å². The number of amides is 2. The number of para-hydroxylation sites is 2. The number of nitrogens with one attached hydrogen (secondary N) is 1. The molecule has 5 nitrogen and oxygen atoms in total. The number of rotatable bonds is 6. The summed E-state index contributed by atoms with van der Waals surface area (Å²) in [6, 6.07) is 20.7. The van der Waals surface area contributed by atoms with Crippen molar-refractivity contribution < 1.29 is 14.3 Å². The maximum Gasteiger partial charge on any atom is 0.282 e. The Kier molecular flexibility index (Phi) is 5.82. The van der Waals surface area contributed by atoms with E-state index in [4.69, 9.17) is 4.74 Å². The zero-order valence-electron chi connectivity index (χ0n) is 18.7. The molecule has 0 saturated carbocycles. The fraction of sp³-hybridized carbons (Fsp3) is 0.185. The van der Waals surface area contributed by atoms with Gasteiger partial charge in [0, 0.05) is 5.69 Å². The van der Waals surface area contributed by atoms with Gasteiger partial charge in [0.25, 0.3) is 11.8 Å². The molecule has 3 aromatic carbocycles. The standard InChI is InChI=1S/C27H26N2O3/c1-5-32-23-9-7-6-8-22(23)29-26(30)24(20-12-10-17(2)11-13-20)25(27(29)31)28-21-15-18(3)14-19(4)16-21/h6-16,28H,5H2,1-4H3. The first-order valence-corrected chi connectivity index (χ1v) is 10.7. The molecule has 0 aliphatic carbocycles. The summed E-state index contributed by atoms with van der Waals surface area (Å²) in [7, 11) is 0. The van der Waals surface area contributed by atoms with Gasteiger partial charge in [-0.25, -0.2) is 4.90 Å². The molecule has 0 unspecified atom stereocenters. The van der Waals surface area contributed by atoms with Gasteiger partial charge >= 0.3 is 0 Å². The van der Waals surface area contributed by atoms with Crippen molar-refractivity contribution in [1.82, 2.24) is 0 Å².